The third-order valence-corrected chi connectivity index (χ3v) is 7.51. The molecule has 1 aliphatic carbocycles. The average Bonchev–Trinajstić information content (AvgIpc) is 3.39. The van der Waals surface area contributed by atoms with Crippen LogP contribution in [0.2, 0.25) is 0 Å². The summed E-state index contributed by atoms with van der Waals surface area (Å²) in [5, 5.41) is 12.3. The number of amides is 1. The van der Waals surface area contributed by atoms with Gasteiger partial charge in [0.05, 0.1) is 5.92 Å². The lowest BCUT2D eigenvalue weighted by Gasteiger charge is -2.24. The molecule has 1 unspecified atom stereocenters. The number of aromatic nitrogens is 1. The van der Waals surface area contributed by atoms with Crippen LogP contribution >= 0.6 is 0 Å². The Labute approximate surface area is 220 Å². The number of hydrogen-bond acceptors (Lipinski definition) is 3. The van der Waals surface area contributed by atoms with Crippen molar-refractivity contribution in [3.8, 4) is 11.1 Å². The highest BCUT2D eigenvalue weighted by molar-refractivity contribution is 5.97. The van der Waals surface area contributed by atoms with Crippen molar-refractivity contribution in [2.24, 2.45) is 11.8 Å². The van der Waals surface area contributed by atoms with Crippen LogP contribution in [0.5, 0.6) is 0 Å². The molecule has 0 saturated heterocycles. The number of anilines is 1. The fourth-order valence-corrected chi connectivity index (χ4v) is 5.58. The lowest BCUT2D eigenvalue weighted by Crippen LogP contribution is -2.27. The molecule has 2 N–H and O–H groups in total. The first kappa shape index (κ1) is 26.6. The number of aryl methyl sites for hydroxylation is 1. The van der Waals surface area contributed by atoms with Crippen LogP contribution in [0.3, 0.4) is 0 Å². The molecule has 1 saturated carbocycles. The Kier molecular flexibility index (Phi) is 8.75. The van der Waals surface area contributed by atoms with Gasteiger partial charge in [-0.25, -0.2) is 0 Å². The van der Waals surface area contributed by atoms with Gasteiger partial charge in [-0.2, -0.15) is 0 Å². The molecule has 4 rings (SSSR count). The van der Waals surface area contributed by atoms with E-state index < -0.39 is 5.97 Å². The van der Waals surface area contributed by atoms with Crippen molar-refractivity contribution in [1.29, 1.82) is 0 Å². The summed E-state index contributed by atoms with van der Waals surface area (Å²) in [4.78, 5) is 29.2. The van der Waals surface area contributed by atoms with Gasteiger partial charge in [0.1, 0.15) is 0 Å². The number of carbonyl (C=O) groups excluding carboxylic acids is 1. The molecule has 0 bridgehead atoms. The zero-order valence-corrected chi connectivity index (χ0v) is 22.2. The maximum Gasteiger partial charge on any atom is 0.303 e. The monoisotopic (exact) mass is 498 g/mol. The quantitative estimate of drug-likeness (QED) is 0.310. The largest absolute Gasteiger partial charge is 0.481 e. The normalized spacial score (nSPS) is 14.6. The Morgan fingerprint density at radius 3 is 2.43 bits per heavy atom. The molecule has 194 valence electrons. The summed E-state index contributed by atoms with van der Waals surface area (Å²) in [6, 6.07) is 16.4. The second kappa shape index (κ2) is 12.2. The van der Waals surface area contributed by atoms with Gasteiger partial charge in [-0.15, -0.1) is 0 Å². The summed E-state index contributed by atoms with van der Waals surface area (Å²) >= 11 is 0. The number of nitrogens with one attached hydrogen (secondary N) is 1. The van der Waals surface area contributed by atoms with Crippen LogP contribution in [0.1, 0.15) is 74.1 Å². The third kappa shape index (κ3) is 6.85. The van der Waals surface area contributed by atoms with Crippen molar-refractivity contribution < 1.29 is 14.7 Å². The standard InChI is InChI=1S/C32H38N2O3/c1-21(2)17-23-18-28(20-33-19-23)25-11-13-27(14-12-25)31(26-7-4-5-8-26)32(37)34-29-10-6-9-24(22(29)3)15-16-30(35)36/h6,9-14,18-21,26,31H,4-5,7-8,15-17H2,1-3H3,(H,34,37)(H,35,36). The fraction of sp³-hybridized carbons (Fsp3) is 0.406. The minimum absolute atomic E-state index is 0.0127. The molecule has 3 aromatic rings. The number of carboxylic acids is 1. The van der Waals surface area contributed by atoms with Gasteiger partial charge >= 0.3 is 5.97 Å². The molecule has 1 aromatic heterocycles. The summed E-state index contributed by atoms with van der Waals surface area (Å²) < 4.78 is 0. The molecular weight excluding hydrogens is 460 g/mol. The zero-order valence-electron chi connectivity index (χ0n) is 22.2. The highest BCUT2D eigenvalue weighted by atomic mass is 16.4. The van der Waals surface area contributed by atoms with Gasteiger partial charge in [0, 0.05) is 30.1 Å². The molecule has 2 aromatic carbocycles. The van der Waals surface area contributed by atoms with E-state index in [1.54, 1.807) is 0 Å². The first-order valence-electron chi connectivity index (χ1n) is 13.5. The Balaban J connectivity index is 1.56. The lowest BCUT2D eigenvalue weighted by molar-refractivity contribution is -0.137. The topological polar surface area (TPSA) is 79.3 Å². The molecule has 37 heavy (non-hydrogen) atoms. The minimum Gasteiger partial charge on any atom is -0.481 e. The van der Waals surface area contributed by atoms with Crippen molar-refractivity contribution in [1.82, 2.24) is 4.98 Å². The van der Waals surface area contributed by atoms with Crippen LogP contribution in [0.15, 0.2) is 60.9 Å². The number of pyridine rings is 1. The number of benzene rings is 2. The van der Waals surface area contributed by atoms with Gasteiger partial charge in [0.15, 0.2) is 0 Å². The fourth-order valence-electron chi connectivity index (χ4n) is 5.58. The van der Waals surface area contributed by atoms with Gasteiger partial charge in [0.2, 0.25) is 5.91 Å². The van der Waals surface area contributed by atoms with Gasteiger partial charge in [-0.05, 0) is 84.4 Å². The van der Waals surface area contributed by atoms with Crippen LogP contribution < -0.4 is 5.32 Å². The van der Waals surface area contributed by atoms with Gasteiger partial charge in [0.25, 0.3) is 0 Å². The van der Waals surface area contributed by atoms with Crippen LogP contribution in [0.25, 0.3) is 11.1 Å². The summed E-state index contributed by atoms with van der Waals surface area (Å²) in [5.74, 6) is -0.132. The number of carboxylic acid groups (broad SMARTS) is 1. The van der Waals surface area contributed by atoms with Crippen molar-refractivity contribution >= 4 is 17.6 Å². The Bertz CT molecular complexity index is 1230. The highest BCUT2D eigenvalue weighted by Crippen LogP contribution is 2.39. The summed E-state index contributed by atoms with van der Waals surface area (Å²) in [7, 11) is 0. The van der Waals surface area contributed by atoms with E-state index in [2.05, 4.69) is 54.5 Å². The number of hydrogen-bond donors (Lipinski definition) is 2. The van der Waals surface area contributed by atoms with E-state index in [9.17, 15) is 9.59 Å². The van der Waals surface area contributed by atoms with E-state index in [4.69, 9.17) is 5.11 Å². The molecular formula is C32H38N2O3. The number of nitrogens with zero attached hydrogens (tertiary/aromatic N) is 1. The predicted octanol–water partition coefficient (Wildman–Crippen LogP) is 7.19. The first-order chi connectivity index (χ1) is 17.8. The molecule has 1 heterocycles. The molecule has 0 spiro atoms. The van der Waals surface area contributed by atoms with Crippen LogP contribution in [0, 0.1) is 18.8 Å². The Hall–Kier alpha value is -3.47. The lowest BCUT2D eigenvalue weighted by atomic mass is 9.83. The molecule has 1 atom stereocenters. The number of aliphatic carboxylic acids is 1. The summed E-state index contributed by atoms with van der Waals surface area (Å²) in [6.45, 7) is 6.38. The Morgan fingerprint density at radius 1 is 1.03 bits per heavy atom. The predicted molar refractivity (Wildman–Crippen MR) is 149 cm³/mol. The van der Waals surface area contributed by atoms with Crippen LogP contribution in [-0.2, 0) is 22.4 Å². The first-order valence-corrected chi connectivity index (χ1v) is 13.5. The number of carbonyl (C=O) groups is 2. The zero-order chi connectivity index (χ0) is 26.4. The molecule has 0 aliphatic heterocycles. The third-order valence-electron chi connectivity index (χ3n) is 7.51. The Morgan fingerprint density at radius 2 is 1.76 bits per heavy atom. The molecule has 1 fully saturated rings. The second-order valence-electron chi connectivity index (χ2n) is 10.8. The van der Waals surface area contributed by atoms with Crippen molar-refractivity contribution in [2.45, 2.75) is 71.6 Å². The van der Waals surface area contributed by atoms with Crippen LogP contribution in [0.4, 0.5) is 5.69 Å². The molecule has 1 amide bonds. The van der Waals surface area contributed by atoms with Crippen molar-refractivity contribution in [2.75, 3.05) is 5.32 Å². The maximum atomic E-state index is 13.7. The van der Waals surface area contributed by atoms with Gasteiger partial charge < -0.3 is 10.4 Å². The molecule has 5 heteroatoms. The van der Waals surface area contributed by atoms with E-state index in [0.717, 1.165) is 65.6 Å². The van der Waals surface area contributed by atoms with Crippen molar-refractivity contribution in [3.05, 3.63) is 83.2 Å². The van der Waals surface area contributed by atoms with E-state index in [-0.39, 0.29) is 18.2 Å². The minimum atomic E-state index is -0.819. The summed E-state index contributed by atoms with van der Waals surface area (Å²) in [6.07, 6.45) is 9.79. The van der Waals surface area contributed by atoms with Gasteiger partial charge in [-0.3, -0.25) is 14.6 Å². The van der Waals surface area contributed by atoms with E-state index in [1.807, 2.05) is 37.5 Å². The summed E-state index contributed by atoms with van der Waals surface area (Å²) in [5.41, 5.74) is 7.14. The highest BCUT2D eigenvalue weighted by Gasteiger charge is 2.32. The van der Waals surface area contributed by atoms with E-state index >= 15 is 0 Å². The SMILES string of the molecule is Cc1c(CCC(=O)O)cccc1NC(=O)C(c1ccc(-c2cncc(CC(C)C)c2)cc1)C1CCCC1. The smallest absolute Gasteiger partial charge is 0.303 e. The maximum absolute atomic E-state index is 13.7. The molecule has 5 nitrogen and oxygen atoms in total. The second-order valence-corrected chi connectivity index (χ2v) is 10.8. The van der Waals surface area contributed by atoms with E-state index in [1.165, 1.54) is 5.56 Å². The van der Waals surface area contributed by atoms with Crippen molar-refractivity contribution in [3.63, 3.8) is 0 Å². The molecule has 0 radical (unpaired) electrons. The molecule has 1 aliphatic rings. The van der Waals surface area contributed by atoms with Gasteiger partial charge in [-0.1, -0.05) is 63.1 Å². The number of rotatable bonds is 10. The van der Waals surface area contributed by atoms with E-state index in [0.29, 0.717) is 18.3 Å². The van der Waals surface area contributed by atoms with Crippen LogP contribution in [-0.4, -0.2) is 22.0 Å². The average molecular weight is 499 g/mol.